The number of hydrogen-bond acceptors (Lipinski definition) is 2. The van der Waals surface area contributed by atoms with E-state index in [9.17, 15) is 0 Å². The Morgan fingerprint density at radius 1 is 1.27 bits per heavy atom. The van der Waals surface area contributed by atoms with Crippen molar-refractivity contribution in [3.05, 3.63) is 0 Å². The molecule has 64 valence electrons. The Morgan fingerprint density at radius 3 is 2.55 bits per heavy atom. The number of hydrogen-bond donors (Lipinski definition) is 1. The van der Waals surface area contributed by atoms with E-state index in [1.54, 1.807) is 0 Å². The van der Waals surface area contributed by atoms with Gasteiger partial charge in [-0.1, -0.05) is 0 Å². The van der Waals surface area contributed by atoms with Crippen LogP contribution in [0.5, 0.6) is 0 Å². The first kappa shape index (κ1) is 7.56. The molecule has 0 spiro atoms. The van der Waals surface area contributed by atoms with Crippen molar-refractivity contribution in [3.8, 4) is 0 Å². The summed E-state index contributed by atoms with van der Waals surface area (Å²) in [6.45, 7) is 8.44. The lowest BCUT2D eigenvalue weighted by Gasteiger charge is -2.37. The summed E-state index contributed by atoms with van der Waals surface area (Å²) in [4.78, 5) is 2.61. The van der Waals surface area contributed by atoms with Crippen LogP contribution in [0.4, 0.5) is 0 Å². The number of nitrogens with one attached hydrogen (secondary N) is 1. The van der Waals surface area contributed by atoms with Gasteiger partial charge in [-0.2, -0.15) is 0 Å². The first-order valence-electron chi connectivity index (χ1n) is 4.67. The zero-order valence-electron chi connectivity index (χ0n) is 7.56. The number of fused-ring (bicyclic) bond motifs is 4. The van der Waals surface area contributed by atoms with Gasteiger partial charge in [0.15, 0.2) is 0 Å². The molecule has 3 fully saturated rings. The Bertz CT molecular complexity index is 146. The van der Waals surface area contributed by atoms with Crippen molar-refractivity contribution >= 4 is 0 Å². The third kappa shape index (κ3) is 1.30. The highest BCUT2D eigenvalue weighted by Gasteiger charge is 2.34. The molecule has 3 aliphatic heterocycles. The van der Waals surface area contributed by atoms with Crippen LogP contribution in [0.25, 0.3) is 0 Å². The fourth-order valence-corrected chi connectivity index (χ4v) is 2.19. The van der Waals surface area contributed by atoms with E-state index < -0.39 is 0 Å². The smallest absolute Gasteiger partial charge is 0.0277 e. The lowest BCUT2D eigenvalue weighted by molar-refractivity contribution is 0.124. The first-order valence-corrected chi connectivity index (χ1v) is 4.67. The van der Waals surface area contributed by atoms with Crippen LogP contribution in [0.2, 0.25) is 0 Å². The number of nitrogens with zero attached hydrogens (tertiary/aromatic N) is 1. The predicted octanol–water partition coefficient (Wildman–Crippen LogP) is 0.833. The van der Waals surface area contributed by atoms with Crippen LogP contribution >= 0.6 is 0 Å². The summed E-state index contributed by atoms with van der Waals surface area (Å²) in [5.41, 5.74) is 0.394. The minimum atomic E-state index is 0.394. The topological polar surface area (TPSA) is 15.3 Å². The molecule has 3 rings (SSSR count). The van der Waals surface area contributed by atoms with Crippen molar-refractivity contribution in [1.82, 2.24) is 10.2 Å². The van der Waals surface area contributed by atoms with Gasteiger partial charge in [0.25, 0.3) is 0 Å². The molecule has 0 atom stereocenters. The van der Waals surface area contributed by atoms with Crippen LogP contribution in [0.3, 0.4) is 0 Å². The van der Waals surface area contributed by atoms with E-state index in [0.717, 1.165) is 12.6 Å². The summed E-state index contributed by atoms with van der Waals surface area (Å²) in [5.74, 6) is 0. The first-order chi connectivity index (χ1) is 5.18. The summed E-state index contributed by atoms with van der Waals surface area (Å²) >= 11 is 0. The third-order valence-corrected chi connectivity index (χ3v) is 3.17. The Kier molecular flexibility index (Phi) is 1.69. The van der Waals surface area contributed by atoms with Crippen LogP contribution < -0.4 is 5.32 Å². The predicted molar refractivity (Wildman–Crippen MR) is 46.7 cm³/mol. The van der Waals surface area contributed by atoms with Gasteiger partial charge in [0, 0.05) is 31.2 Å². The van der Waals surface area contributed by atoms with Crippen molar-refractivity contribution < 1.29 is 0 Å². The van der Waals surface area contributed by atoms with E-state index >= 15 is 0 Å². The van der Waals surface area contributed by atoms with E-state index in [1.807, 2.05) is 0 Å². The summed E-state index contributed by atoms with van der Waals surface area (Å²) < 4.78 is 0. The van der Waals surface area contributed by atoms with Crippen molar-refractivity contribution in [1.29, 1.82) is 0 Å². The normalized spacial score (nSPS) is 42.0. The maximum absolute atomic E-state index is 3.62. The second-order valence-electron chi connectivity index (χ2n) is 4.45. The quantitative estimate of drug-likeness (QED) is 0.556. The SMILES string of the molecule is CC1(C)CNC2CCN1CC2. The maximum Gasteiger partial charge on any atom is 0.0277 e. The zero-order valence-corrected chi connectivity index (χ0v) is 7.56. The summed E-state index contributed by atoms with van der Waals surface area (Å²) in [7, 11) is 0. The largest absolute Gasteiger partial charge is 0.312 e. The average molecular weight is 154 g/mol. The Balaban J connectivity index is 2.15. The molecular weight excluding hydrogens is 136 g/mol. The monoisotopic (exact) mass is 154 g/mol. The van der Waals surface area contributed by atoms with Crippen molar-refractivity contribution in [2.45, 2.75) is 38.3 Å². The second kappa shape index (κ2) is 2.46. The van der Waals surface area contributed by atoms with Gasteiger partial charge < -0.3 is 5.32 Å². The lowest BCUT2D eigenvalue weighted by Crippen LogP contribution is -2.47. The van der Waals surface area contributed by atoms with Gasteiger partial charge in [-0.3, -0.25) is 4.90 Å². The molecule has 3 aliphatic rings. The second-order valence-corrected chi connectivity index (χ2v) is 4.45. The van der Waals surface area contributed by atoms with Gasteiger partial charge in [-0.15, -0.1) is 0 Å². The fourth-order valence-electron chi connectivity index (χ4n) is 2.19. The third-order valence-electron chi connectivity index (χ3n) is 3.17. The lowest BCUT2D eigenvalue weighted by atomic mass is 10.0. The van der Waals surface area contributed by atoms with Gasteiger partial charge in [0.1, 0.15) is 0 Å². The minimum Gasteiger partial charge on any atom is -0.312 e. The average Bonchev–Trinajstić information content (AvgIpc) is 2.21. The van der Waals surface area contributed by atoms with Crippen LogP contribution in [0, 0.1) is 0 Å². The highest BCUT2D eigenvalue weighted by atomic mass is 15.2. The summed E-state index contributed by atoms with van der Waals surface area (Å²) in [6.07, 6.45) is 2.70. The van der Waals surface area contributed by atoms with E-state index in [1.165, 1.54) is 25.9 Å². The Labute approximate surface area is 69.0 Å². The molecule has 0 aromatic heterocycles. The number of piperidine rings is 1. The Hall–Kier alpha value is -0.0800. The molecule has 0 radical (unpaired) electrons. The number of rotatable bonds is 0. The molecule has 0 aromatic rings. The van der Waals surface area contributed by atoms with E-state index in [-0.39, 0.29) is 0 Å². The molecule has 3 saturated heterocycles. The van der Waals surface area contributed by atoms with Crippen LogP contribution in [-0.4, -0.2) is 36.1 Å². The molecule has 0 saturated carbocycles. The molecule has 2 bridgehead atoms. The van der Waals surface area contributed by atoms with Gasteiger partial charge >= 0.3 is 0 Å². The van der Waals surface area contributed by atoms with E-state index in [4.69, 9.17) is 0 Å². The molecule has 2 heteroatoms. The van der Waals surface area contributed by atoms with Crippen molar-refractivity contribution in [3.63, 3.8) is 0 Å². The minimum absolute atomic E-state index is 0.394. The Morgan fingerprint density at radius 2 is 1.91 bits per heavy atom. The molecule has 0 aromatic carbocycles. The highest BCUT2D eigenvalue weighted by Crippen LogP contribution is 2.24. The van der Waals surface area contributed by atoms with Crippen molar-refractivity contribution in [2.24, 2.45) is 0 Å². The summed E-state index contributed by atoms with van der Waals surface area (Å²) in [6, 6.07) is 0.813. The fraction of sp³-hybridized carbons (Fsp3) is 1.00. The van der Waals surface area contributed by atoms with E-state index in [0.29, 0.717) is 5.54 Å². The van der Waals surface area contributed by atoms with Gasteiger partial charge in [-0.05, 0) is 26.7 Å². The molecule has 3 heterocycles. The van der Waals surface area contributed by atoms with Crippen molar-refractivity contribution in [2.75, 3.05) is 19.6 Å². The standard InChI is InChI=1S/C9H18N2/c1-9(2)7-10-8-3-5-11(9)6-4-8/h8,10H,3-7H2,1-2H3. The molecule has 11 heavy (non-hydrogen) atoms. The zero-order chi connectivity index (χ0) is 7.90. The molecule has 0 amide bonds. The van der Waals surface area contributed by atoms with Crippen LogP contribution in [0.1, 0.15) is 26.7 Å². The highest BCUT2D eigenvalue weighted by molar-refractivity contribution is 4.93. The molecule has 2 nitrogen and oxygen atoms in total. The maximum atomic E-state index is 3.62. The molecule has 0 unspecified atom stereocenters. The molecule has 1 N–H and O–H groups in total. The van der Waals surface area contributed by atoms with Crippen LogP contribution in [0.15, 0.2) is 0 Å². The molecule has 0 aliphatic carbocycles. The van der Waals surface area contributed by atoms with Gasteiger partial charge in [0.2, 0.25) is 0 Å². The molecular formula is C9H18N2. The van der Waals surface area contributed by atoms with Gasteiger partial charge in [0.05, 0.1) is 0 Å². The summed E-state index contributed by atoms with van der Waals surface area (Å²) in [5, 5.41) is 3.62. The van der Waals surface area contributed by atoms with E-state index in [2.05, 4.69) is 24.1 Å². The van der Waals surface area contributed by atoms with Gasteiger partial charge in [-0.25, -0.2) is 0 Å². The van der Waals surface area contributed by atoms with Crippen LogP contribution in [-0.2, 0) is 0 Å².